The summed E-state index contributed by atoms with van der Waals surface area (Å²) in [5, 5.41) is 24.1. The molecule has 2 amide bonds. The fourth-order valence-electron chi connectivity index (χ4n) is 4.29. The number of ether oxygens (including phenoxy) is 1. The molecule has 1 atom stereocenters. The molecule has 4 rings (SSSR count). The van der Waals surface area contributed by atoms with Gasteiger partial charge in [0.05, 0.1) is 5.69 Å². The highest BCUT2D eigenvalue weighted by atomic mass is 16.5. The van der Waals surface area contributed by atoms with Crippen molar-refractivity contribution in [2.75, 3.05) is 11.9 Å². The van der Waals surface area contributed by atoms with Crippen molar-refractivity contribution >= 4 is 23.7 Å². The predicted molar refractivity (Wildman–Crippen MR) is 130 cm³/mol. The van der Waals surface area contributed by atoms with Gasteiger partial charge in [-0.1, -0.05) is 54.6 Å². The van der Waals surface area contributed by atoms with E-state index in [4.69, 9.17) is 9.84 Å². The number of hydrogen-bond donors (Lipinski definition) is 4. The number of anilines is 1. The van der Waals surface area contributed by atoms with Crippen LogP contribution in [0.5, 0.6) is 5.75 Å². The third kappa shape index (κ3) is 5.43. The van der Waals surface area contributed by atoms with E-state index in [1.54, 1.807) is 19.1 Å². The molecule has 3 aromatic carbocycles. The van der Waals surface area contributed by atoms with E-state index in [2.05, 4.69) is 10.6 Å². The summed E-state index contributed by atoms with van der Waals surface area (Å²) < 4.78 is 5.49. The summed E-state index contributed by atoms with van der Waals surface area (Å²) in [6, 6.07) is 19.4. The molecule has 3 aromatic rings. The lowest BCUT2D eigenvalue weighted by molar-refractivity contribution is -0.137. The van der Waals surface area contributed by atoms with Gasteiger partial charge in [-0.3, -0.25) is 9.59 Å². The first-order valence-electron chi connectivity index (χ1n) is 11.3. The van der Waals surface area contributed by atoms with Crippen LogP contribution in [0.25, 0.3) is 11.1 Å². The van der Waals surface area contributed by atoms with Crippen molar-refractivity contribution in [3.63, 3.8) is 0 Å². The smallest absolute Gasteiger partial charge is 0.407 e. The third-order valence-corrected chi connectivity index (χ3v) is 6.01. The molecule has 0 heterocycles. The number of aryl methyl sites for hydroxylation is 1. The van der Waals surface area contributed by atoms with Crippen molar-refractivity contribution in [1.29, 1.82) is 0 Å². The van der Waals surface area contributed by atoms with Gasteiger partial charge in [0.25, 0.3) is 0 Å². The molecule has 8 nitrogen and oxygen atoms in total. The number of hydrogen-bond acceptors (Lipinski definition) is 5. The summed E-state index contributed by atoms with van der Waals surface area (Å²) in [7, 11) is 0. The van der Waals surface area contributed by atoms with Gasteiger partial charge in [0, 0.05) is 12.3 Å². The highest BCUT2D eigenvalue weighted by Crippen LogP contribution is 2.44. The number of alkyl carbamates (subject to hydrolysis) is 1. The monoisotopic (exact) mass is 474 g/mol. The van der Waals surface area contributed by atoms with E-state index >= 15 is 0 Å². The number of phenols is 1. The second kappa shape index (κ2) is 10.3. The average molecular weight is 475 g/mol. The minimum Gasteiger partial charge on any atom is -0.506 e. The van der Waals surface area contributed by atoms with Crippen LogP contribution in [0.3, 0.4) is 0 Å². The Hall–Kier alpha value is -4.33. The Morgan fingerprint density at radius 1 is 0.971 bits per heavy atom. The quantitative estimate of drug-likeness (QED) is 0.359. The summed E-state index contributed by atoms with van der Waals surface area (Å²) in [6.45, 7) is 1.86. The number of nitrogens with one attached hydrogen (secondary N) is 2. The third-order valence-electron chi connectivity index (χ3n) is 6.01. The number of carbonyl (C=O) groups excluding carboxylic acids is 2. The summed E-state index contributed by atoms with van der Waals surface area (Å²) in [5.74, 6) is -2.04. The number of amides is 2. The lowest BCUT2D eigenvalue weighted by atomic mass is 9.98. The number of rotatable bonds is 8. The van der Waals surface area contributed by atoms with E-state index < -0.39 is 24.0 Å². The fourth-order valence-corrected chi connectivity index (χ4v) is 4.29. The van der Waals surface area contributed by atoms with E-state index in [1.165, 1.54) is 6.07 Å². The molecule has 1 unspecified atom stereocenters. The van der Waals surface area contributed by atoms with Gasteiger partial charge in [0.15, 0.2) is 0 Å². The molecule has 8 heteroatoms. The Balaban J connectivity index is 1.44. The van der Waals surface area contributed by atoms with Gasteiger partial charge in [-0.05, 0) is 53.3 Å². The Morgan fingerprint density at radius 2 is 1.60 bits per heavy atom. The van der Waals surface area contributed by atoms with Crippen LogP contribution in [0.2, 0.25) is 0 Å². The van der Waals surface area contributed by atoms with Crippen molar-refractivity contribution in [2.45, 2.75) is 31.7 Å². The molecule has 1 aliphatic carbocycles. The van der Waals surface area contributed by atoms with Crippen LogP contribution in [-0.2, 0) is 14.3 Å². The van der Waals surface area contributed by atoms with Crippen molar-refractivity contribution in [3.05, 3.63) is 83.4 Å². The maximum atomic E-state index is 12.8. The van der Waals surface area contributed by atoms with E-state index in [-0.39, 0.29) is 36.8 Å². The second-order valence-corrected chi connectivity index (χ2v) is 8.46. The first kappa shape index (κ1) is 23.8. The van der Waals surface area contributed by atoms with Gasteiger partial charge in [-0.15, -0.1) is 0 Å². The molecule has 0 fully saturated rings. The Bertz CT molecular complexity index is 1230. The van der Waals surface area contributed by atoms with E-state index in [0.717, 1.165) is 27.8 Å². The number of phenolic OH excluding ortho intramolecular Hbond substituents is 1. The first-order chi connectivity index (χ1) is 16.8. The molecule has 0 spiro atoms. The summed E-state index contributed by atoms with van der Waals surface area (Å²) in [6.07, 6.45) is -1.30. The minimum absolute atomic E-state index is 0.0613. The molecular formula is C27H26N2O6. The molecular weight excluding hydrogens is 448 g/mol. The number of carboxylic acids is 1. The Labute approximate surface area is 202 Å². The highest BCUT2D eigenvalue weighted by Gasteiger charge is 2.30. The van der Waals surface area contributed by atoms with Gasteiger partial charge in [-0.25, -0.2) is 4.79 Å². The molecule has 180 valence electrons. The molecule has 4 N–H and O–H groups in total. The van der Waals surface area contributed by atoms with Crippen LogP contribution in [0, 0.1) is 6.92 Å². The maximum absolute atomic E-state index is 12.8. The fraction of sp³-hybridized carbons (Fsp3) is 0.222. The lowest BCUT2D eigenvalue weighted by Crippen LogP contribution is -2.44. The van der Waals surface area contributed by atoms with Crippen molar-refractivity contribution in [3.8, 4) is 16.9 Å². The number of carboxylic acid groups (broad SMARTS) is 1. The molecule has 0 bridgehead atoms. The van der Waals surface area contributed by atoms with Crippen molar-refractivity contribution < 1.29 is 29.3 Å². The zero-order valence-electron chi connectivity index (χ0n) is 19.2. The molecule has 0 saturated carbocycles. The standard InChI is InChI=1S/C27H26N2O6/c1-16-10-12-24(30)23(14-16)28-26(33)22(11-13-25(31)32)29-27(34)35-15-21-19-8-4-2-6-17(19)18-7-3-5-9-20(18)21/h2-10,12,14,21-22,30H,11,13,15H2,1H3,(H,28,33)(H,29,34)(H,31,32). The molecule has 0 radical (unpaired) electrons. The van der Waals surface area contributed by atoms with Gasteiger partial charge in [0.1, 0.15) is 18.4 Å². The van der Waals surface area contributed by atoms with Gasteiger partial charge in [-0.2, -0.15) is 0 Å². The topological polar surface area (TPSA) is 125 Å². The number of benzene rings is 3. The van der Waals surface area contributed by atoms with Crippen LogP contribution in [0.4, 0.5) is 10.5 Å². The summed E-state index contributed by atoms with van der Waals surface area (Å²) in [4.78, 5) is 36.6. The van der Waals surface area contributed by atoms with Crippen LogP contribution in [-0.4, -0.2) is 40.8 Å². The molecule has 0 saturated heterocycles. The number of aliphatic carboxylic acids is 1. The van der Waals surface area contributed by atoms with Crippen LogP contribution >= 0.6 is 0 Å². The molecule has 35 heavy (non-hydrogen) atoms. The first-order valence-corrected chi connectivity index (χ1v) is 11.3. The van der Waals surface area contributed by atoms with Crippen LogP contribution in [0.1, 0.15) is 35.4 Å². The van der Waals surface area contributed by atoms with E-state index in [1.807, 2.05) is 48.5 Å². The Morgan fingerprint density at radius 3 is 2.23 bits per heavy atom. The SMILES string of the molecule is Cc1ccc(O)c(NC(=O)C(CCC(=O)O)NC(=O)OCC2c3ccccc3-c3ccccc32)c1. The average Bonchev–Trinajstić information content (AvgIpc) is 3.16. The molecule has 0 aliphatic heterocycles. The van der Waals surface area contributed by atoms with Crippen molar-refractivity contribution in [2.24, 2.45) is 0 Å². The summed E-state index contributed by atoms with van der Waals surface area (Å²) in [5.41, 5.74) is 5.27. The number of carbonyl (C=O) groups is 3. The zero-order valence-corrected chi connectivity index (χ0v) is 19.2. The van der Waals surface area contributed by atoms with Gasteiger partial charge >= 0.3 is 12.1 Å². The van der Waals surface area contributed by atoms with Crippen molar-refractivity contribution in [1.82, 2.24) is 5.32 Å². The lowest BCUT2D eigenvalue weighted by Gasteiger charge is -2.20. The normalized spacial score (nSPS) is 12.8. The number of aromatic hydroxyl groups is 1. The summed E-state index contributed by atoms with van der Waals surface area (Å²) >= 11 is 0. The largest absolute Gasteiger partial charge is 0.506 e. The van der Waals surface area contributed by atoms with Crippen LogP contribution in [0.15, 0.2) is 66.7 Å². The second-order valence-electron chi connectivity index (χ2n) is 8.46. The van der Waals surface area contributed by atoms with E-state index in [9.17, 15) is 19.5 Å². The van der Waals surface area contributed by atoms with E-state index in [0.29, 0.717) is 0 Å². The van der Waals surface area contributed by atoms with Gasteiger partial charge < -0.3 is 25.6 Å². The molecule has 0 aromatic heterocycles. The van der Waals surface area contributed by atoms with Crippen LogP contribution < -0.4 is 10.6 Å². The maximum Gasteiger partial charge on any atom is 0.407 e. The van der Waals surface area contributed by atoms with Gasteiger partial charge in [0.2, 0.25) is 5.91 Å². The number of fused-ring (bicyclic) bond motifs is 3. The zero-order chi connectivity index (χ0) is 24.9. The Kier molecular flexibility index (Phi) is 7.01. The minimum atomic E-state index is -1.17. The highest BCUT2D eigenvalue weighted by molar-refractivity contribution is 5.98. The molecule has 1 aliphatic rings. The predicted octanol–water partition coefficient (Wildman–Crippen LogP) is 4.41.